The van der Waals surface area contributed by atoms with Crippen molar-refractivity contribution in [2.75, 3.05) is 19.7 Å². The fourth-order valence-electron chi connectivity index (χ4n) is 3.37. The van der Waals surface area contributed by atoms with E-state index >= 15 is 0 Å². The van der Waals surface area contributed by atoms with Gasteiger partial charge in [0.25, 0.3) is 0 Å². The van der Waals surface area contributed by atoms with E-state index in [9.17, 15) is 9.59 Å². The third-order valence-corrected chi connectivity index (χ3v) is 4.69. The second-order valence-electron chi connectivity index (χ2n) is 6.33. The summed E-state index contributed by atoms with van der Waals surface area (Å²) in [4.78, 5) is 27.0. The summed E-state index contributed by atoms with van der Waals surface area (Å²) in [6, 6.07) is 3.75. The Bertz CT molecular complexity index is 736. The zero-order valence-electron chi connectivity index (χ0n) is 14.5. The number of rotatable bonds is 4. The molecule has 1 aliphatic rings. The highest BCUT2D eigenvalue weighted by atomic mass is 16.5. The van der Waals surface area contributed by atoms with Crippen molar-refractivity contribution in [3.05, 3.63) is 24.0 Å². The zero-order chi connectivity index (χ0) is 17.1. The van der Waals surface area contributed by atoms with Crippen molar-refractivity contribution < 1.29 is 14.3 Å². The Morgan fingerprint density at radius 3 is 2.50 bits per heavy atom. The van der Waals surface area contributed by atoms with E-state index in [1.165, 1.54) is 12.8 Å². The van der Waals surface area contributed by atoms with E-state index < -0.39 is 0 Å². The number of nitrogens with zero attached hydrogens (tertiary/aromatic N) is 3. The molecular weight excluding hydrogens is 306 g/mol. The van der Waals surface area contributed by atoms with Gasteiger partial charge in [-0.2, -0.15) is 0 Å². The molecule has 130 valence electrons. The maximum atomic E-state index is 12.7. The molecule has 0 atom stereocenters. The minimum atomic E-state index is -0.377. The summed E-state index contributed by atoms with van der Waals surface area (Å²) in [6.45, 7) is 3.91. The van der Waals surface area contributed by atoms with Crippen molar-refractivity contribution in [3.8, 4) is 0 Å². The minimum absolute atomic E-state index is 0.0730. The number of aromatic nitrogens is 2. The first kappa shape index (κ1) is 16.6. The number of fused-ring (bicyclic) bond motifs is 1. The van der Waals surface area contributed by atoms with Crippen LogP contribution in [0.3, 0.4) is 0 Å². The number of aryl methyl sites for hydroxylation is 1. The van der Waals surface area contributed by atoms with Crippen LogP contribution in [0.4, 0.5) is 0 Å². The third-order valence-electron chi connectivity index (χ3n) is 4.69. The number of carbonyl (C=O) groups excluding carboxylic acids is 2. The number of esters is 1. The van der Waals surface area contributed by atoms with Crippen LogP contribution in [0.2, 0.25) is 0 Å². The van der Waals surface area contributed by atoms with Gasteiger partial charge in [0.15, 0.2) is 0 Å². The molecule has 1 amide bonds. The highest BCUT2D eigenvalue weighted by Crippen LogP contribution is 2.22. The molecule has 6 nitrogen and oxygen atoms in total. The molecule has 0 bridgehead atoms. The van der Waals surface area contributed by atoms with E-state index in [2.05, 4.69) is 0 Å². The third kappa shape index (κ3) is 3.18. The van der Waals surface area contributed by atoms with Gasteiger partial charge in [-0.25, -0.2) is 4.79 Å². The SMILES string of the molecule is CCOC(=O)c1cc2c(ccn2C)n1CC(=O)N1CCCCCC1. The predicted octanol–water partition coefficient (Wildman–Crippen LogP) is 2.56. The summed E-state index contributed by atoms with van der Waals surface area (Å²) >= 11 is 0. The lowest BCUT2D eigenvalue weighted by Crippen LogP contribution is -2.35. The summed E-state index contributed by atoms with van der Waals surface area (Å²) in [5.41, 5.74) is 2.27. The molecule has 1 fully saturated rings. The lowest BCUT2D eigenvalue weighted by atomic mass is 10.2. The van der Waals surface area contributed by atoms with E-state index in [4.69, 9.17) is 4.74 Å². The molecule has 0 unspecified atom stereocenters. The Kier molecular flexibility index (Phi) is 4.92. The first-order valence-electron chi connectivity index (χ1n) is 8.71. The second-order valence-corrected chi connectivity index (χ2v) is 6.33. The van der Waals surface area contributed by atoms with Crippen LogP contribution >= 0.6 is 0 Å². The van der Waals surface area contributed by atoms with Crippen LogP contribution in [0.25, 0.3) is 11.0 Å². The van der Waals surface area contributed by atoms with Gasteiger partial charge >= 0.3 is 5.97 Å². The Hall–Kier alpha value is -2.24. The van der Waals surface area contributed by atoms with E-state index in [1.807, 2.05) is 34.8 Å². The van der Waals surface area contributed by atoms with Gasteiger partial charge in [-0.05, 0) is 31.9 Å². The quantitative estimate of drug-likeness (QED) is 0.809. The first-order valence-corrected chi connectivity index (χ1v) is 8.71. The standard InChI is InChI=1S/C18H25N3O3/c1-3-24-18(23)16-12-15-14(8-11-19(15)2)21(16)13-17(22)20-9-6-4-5-7-10-20/h8,11-12H,3-7,9-10,13H2,1-2H3. The molecule has 2 aromatic heterocycles. The van der Waals surface area contributed by atoms with Gasteiger partial charge in [0, 0.05) is 26.3 Å². The summed E-state index contributed by atoms with van der Waals surface area (Å²) in [6.07, 6.45) is 6.42. The van der Waals surface area contributed by atoms with Gasteiger partial charge in [0.05, 0.1) is 17.6 Å². The predicted molar refractivity (Wildman–Crippen MR) is 91.9 cm³/mol. The number of amides is 1. The average Bonchev–Trinajstić information content (AvgIpc) is 2.96. The fourth-order valence-corrected chi connectivity index (χ4v) is 3.37. The minimum Gasteiger partial charge on any atom is -0.461 e. The van der Waals surface area contributed by atoms with Crippen molar-refractivity contribution in [1.82, 2.24) is 14.0 Å². The van der Waals surface area contributed by atoms with E-state index in [0.717, 1.165) is 37.0 Å². The molecule has 0 aliphatic carbocycles. The van der Waals surface area contributed by atoms with Crippen LogP contribution in [-0.2, 0) is 23.1 Å². The van der Waals surface area contributed by atoms with Crippen molar-refractivity contribution in [2.45, 2.75) is 39.2 Å². The first-order chi connectivity index (χ1) is 11.6. The van der Waals surface area contributed by atoms with E-state index in [-0.39, 0.29) is 18.4 Å². The molecule has 0 spiro atoms. The highest BCUT2D eigenvalue weighted by molar-refractivity contribution is 5.96. The molecule has 0 radical (unpaired) electrons. The molecule has 1 saturated heterocycles. The normalized spacial score (nSPS) is 15.5. The van der Waals surface area contributed by atoms with E-state index in [1.54, 1.807) is 11.5 Å². The van der Waals surface area contributed by atoms with Gasteiger partial charge in [-0.3, -0.25) is 4.79 Å². The smallest absolute Gasteiger partial charge is 0.355 e. The topological polar surface area (TPSA) is 56.5 Å². The molecule has 0 N–H and O–H groups in total. The van der Waals surface area contributed by atoms with Crippen molar-refractivity contribution in [3.63, 3.8) is 0 Å². The molecule has 1 aliphatic heterocycles. The fraction of sp³-hybridized carbons (Fsp3) is 0.556. The number of likely N-dealkylation sites (tertiary alicyclic amines) is 1. The van der Waals surface area contributed by atoms with Crippen molar-refractivity contribution in [1.29, 1.82) is 0 Å². The molecule has 0 aromatic carbocycles. The van der Waals surface area contributed by atoms with Gasteiger partial charge in [0.2, 0.25) is 5.91 Å². The summed E-state index contributed by atoms with van der Waals surface area (Å²) in [5.74, 6) is -0.304. The molecule has 2 aromatic rings. The van der Waals surface area contributed by atoms with Crippen LogP contribution in [-0.4, -0.2) is 45.6 Å². The Morgan fingerprint density at radius 1 is 1.12 bits per heavy atom. The van der Waals surface area contributed by atoms with Crippen LogP contribution in [0.5, 0.6) is 0 Å². The molecule has 3 rings (SSSR count). The average molecular weight is 331 g/mol. The molecule has 0 saturated carbocycles. The number of hydrogen-bond acceptors (Lipinski definition) is 3. The van der Waals surface area contributed by atoms with Gasteiger partial charge in [-0.1, -0.05) is 12.8 Å². The number of hydrogen-bond donors (Lipinski definition) is 0. The largest absolute Gasteiger partial charge is 0.461 e. The summed E-state index contributed by atoms with van der Waals surface area (Å²) < 4.78 is 8.90. The van der Waals surface area contributed by atoms with Crippen LogP contribution in [0.15, 0.2) is 18.3 Å². The maximum Gasteiger partial charge on any atom is 0.355 e. The van der Waals surface area contributed by atoms with Crippen molar-refractivity contribution in [2.24, 2.45) is 7.05 Å². The Labute approximate surface area is 142 Å². The lowest BCUT2D eigenvalue weighted by Gasteiger charge is -2.21. The Morgan fingerprint density at radius 2 is 1.83 bits per heavy atom. The monoisotopic (exact) mass is 331 g/mol. The molecule has 6 heteroatoms. The Balaban J connectivity index is 1.90. The lowest BCUT2D eigenvalue weighted by molar-refractivity contribution is -0.131. The van der Waals surface area contributed by atoms with Gasteiger partial charge in [0.1, 0.15) is 12.2 Å². The molecule has 3 heterocycles. The summed E-state index contributed by atoms with van der Waals surface area (Å²) in [7, 11) is 1.93. The van der Waals surface area contributed by atoms with Crippen molar-refractivity contribution >= 4 is 22.9 Å². The zero-order valence-corrected chi connectivity index (χ0v) is 14.5. The van der Waals surface area contributed by atoms with E-state index in [0.29, 0.717) is 12.3 Å². The van der Waals surface area contributed by atoms with Crippen LogP contribution in [0, 0.1) is 0 Å². The second kappa shape index (κ2) is 7.11. The van der Waals surface area contributed by atoms with Gasteiger partial charge < -0.3 is 18.8 Å². The maximum absolute atomic E-state index is 12.7. The van der Waals surface area contributed by atoms with Crippen LogP contribution in [0.1, 0.15) is 43.1 Å². The summed E-state index contributed by atoms with van der Waals surface area (Å²) in [5, 5.41) is 0. The number of carbonyl (C=O) groups is 2. The van der Waals surface area contributed by atoms with Crippen LogP contribution < -0.4 is 0 Å². The molecule has 24 heavy (non-hydrogen) atoms. The molecular formula is C18H25N3O3. The number of ether oxygens (including phenoxy) is 1. The highest BCUT2D eigenvalue weighted by Gasteiger charge is 2.22. The van der Waals surface area contributed by atoms with Gasteiger partial charge in [-0.15, -0.1) is 0 Å².